The van der Waals surface area contributed by atoms with Crippen LogP contribution in [0.4, 0.5) is 4.39 Å². The zero-order valence-corrected chi connectivity index (χ0v) is 20.0. The third kappa shape index (κ3) is 5.34. The number of halogens is 1. The number of carbonyl (C=O) groups excluding carboxylic acids is 1. The average molecular weight is 500 g/mol. The molecule has 0 radical (unpaired) electrons. The van der Waals surface area contributed by atoms with Gasteiger partial charge in [-0.25, -0.2) is 14.4 Å². The topological polar surface area (TPSA) is 112 Å². The second-order valence-corrected chi connectivity index (χ2v) is 9.25. The molecular weight excluding hydrogens is 473 g/mol. The van der Waals surface area contributed by atoms with Crippen LogP contribution in [-0.2, 0) is 17.6 Å². The summed E-state index contributed by atoms with van der Waals surface area (Å²) in [6.07, 6.45) is 1.43. The summed E-state index contributed by atoms with van der Waals surface area (Å²) >= 11 is 0. The van der Waals surface area contributed by atoms with Crippen LogP contribution in [0.3, 0.4) is 0 Å². The molecule has 7 nitrogen and oxygen atoms in total. The molecular formula is C29H26FN3O4. The molecule has 2 atom stereocenters. The van der Waals surface area contributed by atoms with Gasteiger partial charge in [0.2, 0.25) is 0 Å². The Bertz CT molecular complexity index is 1470. The number of aliphatic hydroxyl groups excluding tert-OH is 1. The Labute approximate surface area is 213 Å². The summed E-state index contributed by atoms with van der Waals surface area (Å²) in [6.45, 7) is 0. The van der Waals surface area contributed by atoms with E-state index in [4.69, 9.17) is 15.1 Å². The van der Waals surface area contributed by atoms with Crippen molar-refractivity contribution in [2.75, 3.05) is 0 Å². The molecule has 37 heavy (non-hydrogen) atoms. The summed E-state index contributed by atoms with van der Waals surface area (Å²) in [5.41, 5.74) is 5.40. The number of hydrogen-bond acceptors (Lipinski definition) is 5. The second-order valence-electron chi connectivity index (χ2n) is 9.25. The number of aliphatic carboxylic acids is 1. The Morgan fingerprint density at radius 3 is 2.54 bits per heavy atom. The van der Waals surface area contributed by atoms with Gasteiger partial charge in [-0.1, -0.05) is 24.3 Å². The molecule has 3 N–H and O–H groups in total. The van der Waals surface area contributed by atoms with Crippen molar-refractivity contribution in [1.82, 2.24) is 15.3 Å². The molecule has 1 aliphatic carbocycles. The lowest BCUT2D eigenvalue weighted by Gasteiger charge is -2.18. The summed E-state index contributed by atoms with van der Waals surface area (Å²) in [5, 5.41) is 22.4. The first-order chi connectivity index (χ1) is 17.9. The lowest BCUT2D eigenvalue weighted by atomic mass is 10.0. The highest BCUT2D eigenvalue weighted by Crippen LogP contribution is 2.32. The number of unbranched alkanes of at least 4 members (excludes halogenated alkanes) is 1. The Morgan fingerprint density at radius 2 is 1.76 bits per heavy atom. The minimum Gasteiger partial charge on any atom is -0.481 e. The summed E-state index contributed by atoms with van der Waals surface area (Å²) in [6, 6.07) is 18.2. The predicted molar refractivity (Wildman–Crippen MR) is 136 cm³/mol. The quantitative estimate of drug-likeness (QED) is 0.305. The predicted octanol–water partition coefficient (Wildman–Crippen LogP) is 4.62. The van der Waals surface area contributed by atoms with Gasteiger partial charge in [0.1, 0.15) is 5.82 Å². The molecule has 8 heteroatoms. The van der Waals surface area contributed by atoms with Gasteiger partial charge in [-0.15, -0.1) is 0 Å². The number of carboxylic acids is 1. The number of hydrogen-bond donors (Lipinski definition) is 3. The first-order valence-corrected chi connectivity index (χ1v) is 12.2. The Morgan fingerprint density at radius 1 is 0.973 bits per heavy atom. The summed E-state index contributed by atoms with van der Waals surface area (Å²) in [5.74, 6) is -1.53. The molecule has 1 aromatic heterocycles. The van der Waals surface area contributed by atoms with Crippen LogP contribution >= 0.6 is 0 Å². The molecule has 0 bridgehead atoms. The fraction of sp³-hybridized carbons (Fsp3) is 0.241. The van der Waals surface area contributed by atoms with Crippen LogP contribution in [0.15, 0.2) is 66.7 Å². The highest BCUT2D eigenvalue weighted by molar-refractivity contribution is 5.97. The van der Waals surface area contributed by atoms with Gasteiger partial charge >= 0.3 is 5.97 Å². The van der Waals surface area contributed by atoms with E-state index in [0.717, 1.165) is 11.1 Å². The Balaban J connectivity index is 1.44. The molecule has 0 saturated heterocycles. The van der Waals surface area contributed by atoms with E-state index < -0.39 is 18.1 Å². The SMILES string of the molecule is O=C(O)CCCCc1nc2cc(C(=O)N[C@H]3c4ccccc4C[C@@H]3O)ccc2nc1-c1ccc(F)cc1. The van der Waals surface area contributed by atoms with E-state index in [1.165, 1.54) is 12.1 Å². The van der Waals surface area contributed by atoms with E-state index in [-0.39, 0.29) is 18.1 Å². The molecule has 1 heterocycles. The number of nitrogens with zero attached hydrogens (tertiary/aromatic N) is 2. The van der Waals surface area contributed by atoms with E-state index in [2.05, 4.69) is 5.32 Å². The van der Waals surface area contributed by atoms with E-state index in [1.807, 2.05) is 24.3 Å². The van der Waals surface area contributed by atoms with Crippen LogP contribution in [0.2, 0.25) is 0 Å². The smallest absolute Gasteiger partial charge is 0.303 e. The molecule has 0 unspecified atom stereocenters. The van der Waals surface area contributed by atoms with Crippen LogP contribution in [-0.4, -0.2) is 38.2 Å². The van der Waals surface area contributed by atoms with E-state index in [0.29, 0.717) is 59.2 Å². The van der Waals surface area contributed by atoms with E-state index in [1.54, 1.807) is 30.3 Å². The number of amides is 1. The normalized spacial score (nSPS) is 16.5. The number of nitrogens with one attached hydrogen (secondary N) is 1. The van der Waals surface area contributed by atoms with Crippen molar-refractivity contribution in [3.63, 3.8) is 0 Å². The highest BCUT2D eigenvalue weighted by Gasteiger charge is 2.32. The number of benzene rings is 3. The van der Waals surface area contributed by atoms with Crippen molar-refractivity contribution in [2.24, 2.45) is 0 Å². The summed E-state index contributed by atoms with van der Waals surface area (Å²) in [7, 11) is 0. The molecule has 4 aromatic rings. The number of carboxylic acid groups (broad SMARTS) is 1. The maximum atomic E-state index is 13.5. The van der Waals surface area contributed by atoms with Crippen LogP contribution in [0.5, 0.6) is 0 Å². The van der Waals surface area contributed by atoms with Crippen LogP contribution < -0.4 is 5.32 Å². The van der Waals surface area contributed by atoms with Gasteiger partial charge in [-0.2, -0.15) is 0 Å². The summed E-state index contributed by atoms with van der Waals surface area (Å²) in [4.78, 5) is 33.6. The largest absolute Gasteiger partial charge is 0.481 e. The third-order valence-electron chi connectivity index (χ3n) is 6.66. The molecule has 3 aromatic carbocycles. The van der Waals surface area contributed by atoms with Crippen molar-refractivity contribution >= 4 is 22.9 Å². The highest BCUT2D eigenvalue weighted by atomic mass is 19.1. The third-order valence-corrected chi connectivity index (χ3v) is 6.66. The molecule has 0 spiro atoms. The monoisotopic (exact) mass is 499 g/mol. The van der Waals surface area contributed by atoms with Crippen LogP contribution in [0, 0.1) is 5.82 Å². The van der Waals surface area contributed by atoms with Gasteiger partial charge in [0.15, 0.2) is 0 Å². The molecule has 188 valence electrons. The Hall–Kier alpha value is -4.17. The number of aliphatic hydroxyl groups is 1. The molecule has 0 aliphatic heterocycles. The molecule has 0 saturated carbocycles. The van der Waals surface area contributed by atoms with Crippen molar-refractivity contribution in [3.05, 3.63) is 94.9 Å². The molecule has 1 aliphatic rings. The van der Waals surface area contributed by atoms with Gasteiger partial charge in [-0.05, 0) is 72.9 Å². The molecule has 1 amide bonds. The maximum Gasteiger partial charge on any atom is 0.303 e. The second kappa shape index (κ2) is 10.4. The molecule has 5 rings (SSSR count). The molecule has 0 fully saturated rings. The van der Waals surface area contributed by atoms with Gasteiger partial charge < -0.3 is 15.5 Å². The number of aromatic nitrogens is 2. The first kappa shape index (κ1) is 24.5. The standard InChI is InChI=1S/C29H26FN3O4/c30-20-12-9-17(10-13-20)27-23(7-3-4-8-26(35)36)31-24-15-19(11-14-22(24)32-27)29(37)33-28-21-6-2-1-5-18(21)16-25(28)34/h1-2,5-6,9-15,25,28,34H,3-4,7-8,16H2,(H,33,37)(H,35,36)/t25-,28-/m0/s1. The van der Waals surface area contributed by atoms with Crippen molar-refractivity contribution in [1.29, 1.82) is 0 Å². The van der Waals surface area contributed by atoms with Gasteiger partial charge in [0.05, 0.1) is 34.6 Å². The van der Waals surface area contributed by atoms with E-state index in [9.17, 15) is 19.1 Å². The lowest BCUT2D eigenvalue weighted by Crippen LogP contribution is -2.33. The van der Waals surface area contributed by atoms with Crippen molar-refractivity contribution in [3.8, 4) is 11.3 Å². The Kier molecular flexibility index (Phi) is 6.92. The van der Waals surface area contributed by atoms with E-state index >= 15 is 0 Å². The van der Waals surface area contributed by atoms with Crippen molar-refractivity contribution in [2.45, 2.75) is 44.2 Å². The van der Waals surface area contributed by atoms with Crippen LogP contribution in [0.25, 0.3) is 22.3 Å². The zero-order chi connectivity index (χ0) is 25.9. The lowest BCUT2D eigenvalue weighted by molar-refractivity contribution is -0.137. The average Bonchev–Trinajstić information content (AvgIpc) is 3.21. The van der Waals surface area contributed by atoms with Gasteiger partial charge in [0.25, 0.3) is 5.91 Å². The summed E-state index contributed by atoms with van der Waals surface area (Å²) < 4.78 is 13.5. The first-order valence-electron chi connectivity index (χ1n) is 12.2. The minimum absolute atomic E-state index is 0.0629. The number of carbonyl (C=O) groups is 2. The van der Waals surface area contributed by atoms with Gasteiger partial charge in [0, 0.05) is 24.0 Å². The van der Waals surface area contributed by atoms with Gasteiger partial charge in [-0.3, -0.25) is 9.59 Å². The zero-order valence-electron chi connectivity index (χ0n) is 20.0. The minimum atomic E-state index is -0.853. The van der Waals surface area contributed by atoms with Crippen molar-refractivity contribution < 1.29 is 24.2 Å². The fourth-order valence-electron chi connectivity index (χ4n) is 4.79. The number of rotatable bonds is 8. The maximum absolute atomic E-state index is 13.5. The number of fused-ring (bicyclic) bond motifs is 2. The fourth-order valence-corrected chi connectivity index (χ4v) is 4.79. The van der Waals surface area contributed by atoms with Crippen LogP contribution in [0.1, 0.15) is 52.5 Å². The number of aryl methyl sites for hydroxylation is 1.